The third-order valence-electron chi connectivity index (χ3n) is 2.89. The van der Waals surface area contributed by atoms with E-state index in [4.69, 9.17) is 9.84 Å². The number of carbonyl (C=O) groups is 1. The zero-order valence-electron chi connectivity index (χ0n) is 11.5. The maximum absolute atomic E-state index is 11.9. The van der Waals surface area contributed by atoms with Crippen molar-refractivity contribution in [3.05, 3.63) is 20.8 Å². The van der Waals surface area contributed by atoms with Crippen molar-refractivity contribution in [1.82, 2.24) is 19.1 Å². The number of aromatic nitrogens is 4. The van der Waals surface area contributed by atoms with Crippen LogP contribution in [0.5, 0.6) is 0 Å². The lowest BCUT2D eigenvalue weighted by molar-refractivity contribution is -0.137. The molecule has 0 aliphatic rings. The normalized spacial score (nSPS) is 11.0. The predicted molar refractivity (Wildman–Crippen MR) is 73.6 cm³/mol. The van der Waals surface area contributed by atoms with Crippen LogP contribution >= 0.6 is 0 Å². The number of hydrogen-bond acceptors (Lipinski definition) is 6. The molecule has 0 saturated carbocycles. The Labute approximate surface area is 118 Å². The number of hydrogen-bond donors (Lipinski definition) is 3. The van der Waals surface area contributed by atoms with Crippen molar-refractivity contribution in [2.75, 3.05) is 25.6 Å². The summed E-state index contributed by atoms with van der Waals surface area (Å²) in [5.74, 6) is -0.937. The van der Waals surface area contributed by atoms with E-state index in [1.54, 1.807) is 0 Å². The van der Waals surface area contributed by atoms with Crippen molar-refractivity contribution < 1.29 is 14.6 Å². The van der Waals surface area contributed by atoms with Gasteiger partial charge in [-0.1, -0.05) is 0 Å². The monoisotopic (exact) mass is 297 g/mol. The van der Waals surface area contributed by atoms with Crippen LogP contribution in [0.2, 0.25) is 0 Å². The molecule has 0 aliphatic carbocycles. The number of aromatic amines is 1. The number of anilines is 1. The molecular weight excluding hydrogens is 282 g/mol. The molecule has 0 spiro atoms. The number of nitrogens with zero attached hydrogens (tertiary/aromatic N) is 3. The van der Waals surface area contributed by atoms with Crippen molar-refractivity contribution in [3.63, 3.8) is 0 Å². The number of H-pyrrole nitrogens is 1. The Hall–Kier alpha value is -2.62. The van der Waals surface area contributed by atoms with E-state index in [0.717, 1.165) is 4.57 Å². The van der Waals surface area contributed by atoms with Crippen LogP contribution in [0, 0.1) is 0 Å². The topological polar surface area (TPSA) is 131 Å². The summed E-state index contributed by atoms with van der Waals surface area (Å²) in [7, 11) is 2.97. The fourth-order valence-electron chi connectivity index (χ4n) is 1.92. The highest BCUT2D eigenvalue weighted by atomic mass is 16.5. The van der Waals surface area contributed by atoms with E-state index < -0.39 is 23.8 Å². The molecule has 10 heteroatoms. The van der Waals surface area contributed by atoms with E-state index in [1.165, 1.54) is 18.7 Å². The number of aliphatic carboxylic acids is 1. The van der Waals surface area contributed by atoms with Gasteiger partial charge in [0, 0.05) is 20.7 Å². The Morgan fingerprint density at radius 1 is 1.48 bits per heavy atom. The maximum Gasteiger partial charge on any atom is 0.329 e. The number of aryl methyl sites for hydroxylation is 1. The largest absolute Gasteiger partial charge is 0.480 e. The van der Waals surface area contributed by atoms with E-state index in [-0.39, 0.29) is 17.1 Å². The first kappa shape index (κ1) is 14.8. The van der Waals surface area contributed by atoms with Crippen molar-refractivity contribution in [3.8, 4) is 0 Å². The van der Waals surface area contributed by atoms with Crippen LogP contribution in [-0.2, 0) is 23.1 Å². The van der Waals surface area contributed by atoms with Crippen LogP contribution in [-0.4, -0.2) is 50.4 Å². The molecule has 0 unspecified atom stereocenters. The highest BCUT2D eigenvalue weighted by Gasteiger charge is 2.18. The zero-order chi connectivity index (χ0) is 15.6. The first-order valence-electron chi connectivity index (χ1n) is 6.10. The van der Waals surface area contributed by atoms with Crippen LogP contribution in [0.3, 0.4) is 0 Å². The van der Waals surface area contributed by atoms with Gasteiger partial charge in [-0.2, -0.15) is 4.98 Å². The number of carboxylic acid groups (broad SMARTS) is 1. The number of methoxy groups -OCH3 is 1. The average Bonchev–Trinajstić information content (AvgIpc) is 2.75. The molecule has 0 aliphatic heterocycles. The van der Waals surface area contributed by atoms with Gasteiger partial charge in [0.25, 0.3) is 5.56 Å². The summed E-state index contributed by atoms with van der Waals surface area (Å²) in [6.07, 6.45) is 0. The Balaban J connectivity index is 2.64. The van der Waals surface area contributed by atoms with Gasteiger partial charge in [-0.3, -0.25) is 23.7 Å². The van der Waals surface area contributed by atoms with Gasteiger partial charge in [0.15, 0.2) is 11.2 Å². The summed E-state index contributed by atoms with van der Waals surface area (Å²) in [5, 5.41) is 11.9. The first-order valence-corrected chi connectivity index (χ1v) is 6.10. The predicted octanol–water partition coefficient (Wildman–Crippen LogP) is -1.43. The van der Waals surface area contributed by atoms with Gasteiger partial charge in [-0.05, 0) is 0 Å². The molecule has 0 radical (unpaired) electrons. The average molecular weight is 297 g/mol. The molecule has 2 aromatic rings. The van der Waals surface area contributed by atoms with Gasteiger partial charge in [0.2, 0.25) is 5.95 Å². The molecule has 114 valence electrons. The summed E-state index contributed by atoms with van der Waals surface area (Å²) in [6.45, 7) is 0.309. The van der Waals surface area contributed by atoms with Crippen molar-refractivity contribution in [2.45, 2.75) is 6.54 Å². The number of nitrogens with one attached hydrogen (secondary N) is 2. The molecule has 2 rings (SSSR count). The summed E-state index contributed by atoms with van der Waals surface area (Å²) in [6, 6.07) is 0. The third-order valence-corrected chi connectivity index (χ3v) is 2.89. The second kappa shape index (κ2) is 5.79. The Kier molecular flexibility index (Phi) is 4.08. The van der Waals surface area contributed by atoms with Gasteiger partial charge in [0.1, 0.15) is 6.54 Å². The number of fused-ring (bicyclic) bond motifs is 1. The smallest absolute Gasteiger partial charge is 0.329 e. The van der Waals surface area contributed by atoms with E-state index >= 15 is 0 Å². The van der Waals surface area contributed by atoms with Crippen LogP contribution in [0.25, 0.3) is 11.2 Å². The first-order chi connectivity index (χ1) is 9.95. The number of rotatable bonds is 6. The summed E-state index contributed by atoms with van der Waals surface area (Å²) < 4.78 is 7.25. The molecule has 0 amide bonds. The maximum atomic E-state index is 11.9. The van der Waals surface area contributed by atoms with Crippen molar-refractivity contribution in [2.24, 2.45) is 7.05 Å². The third kappa shape index (κ3) is 2.79. The Bertz CT molecular complexity index is 787. The zero-order valence-corrected chi connectivity index (χ0v) is 11.5. The molecule has 2 heterocycles. The minimum Gasteiger partial charge on any atom is -0.480 e. The summed E-state index contributed by atoms with van der Waals surface area (Å²) in [4.78, 5) is 40.7. The number of imidazole rings is 1. The van der Waals surface area contributed by atoms with E-state index in [1.807, 2.05) is 0 Å². The molecule has 10 nitrogen and oxygen atoms in total. The van der Waals surface area contributed by atoms with Crippen LogP contribution < -0.4 is 16.6 Å². The van der Waals surface area contributed by atoms with Crippen molar-refractivity contribution >= 4 is 23.1 Å². The van der Waals surface area contributed by atoms with Crippen LogP contribution in [0.1, 0.15) is 0 Å². The molecule has 0 saturated heterocycles. The second-order valence-corrected chi connectivity index (χ2v) is 4.33. The minimum atomic E-state index is -1.13. The molecule has 0 atom stereocenters. The van der Waals surface area contributed by atoms with E-state index in [2.05, 4.69) is 15.3 Å². The molecule has 2 aromatic heterocycles. The Morgan fingerprint density at radius 2 is 2.19 bits per heavy atom. The van der Waals surface area contributed by atoms with E-state index in [0.29, 0.717) is 13.2 Å². The standard InChI is InChI=1S/C11H15N5O5/c1-15-8-7(9(19)14-11(15)20)16(5-6(17)18)10(13-8)12-3-4-21-2/h3-5H2,1-2H3,(H,12,13)(H,17,18)(H,14,19,20). The highest BCUT2D eigenvalue weighted by Crippen LogP contribution is 2.14. The second-order valence-electron chi connectivity index (χ2n) is 4.33. The van der Waals surface area contributed by atoms with Gasteiger partial charge in [-0.25, -0.2) is 4.79 Å². The molecular formula is C11H15N5O5. The minimum absolute atomic E-state index is 0.0272. The van der Waals surface area contributed by atoms with Crippen LogP contribution in [0.4, 0.5) is 5.95 Å². The molecule has 0 aromatic carbocycles. The van der Waals surface area contributed by atoms with Gasteiger partial charge in [0.05, 0.1) is 6.61 Å². The lowest BCUT2D eigenvalue weighted by Gasteiger charge is -2.07. The fourth-order valence-corrected chi connectivity index (χ4v) is 1.92. The Morgan fingerprint density at radius 3 is 2.81 bits per heavy atom. The molecule has 0 fully saturated rings. The lowest BCUT2D eigenvalue weighted by Crippen LogP contribution is -2.29. The lowest BCUT2D eigenvalue weighted by atomic mass is 10.5. The molecule has 0 bridgehead atoms. The highest BCUT2D eigenvalue weighted by molar-refractivity contribution is 5.77. The quantitative estimate of drug-likeness (QED) is 0.557. The van der Waals surface area contributed by atoms with Gasteiger partial charge >= 0.3 is 11.7 Å². The SMILES string of the molecule is COCCNc1nc2c(c(=O)[nH]c(=O)n2C)n1CC(=O)O. The van der Waals surface area contributed by atoms with Crippen LogP contribution in [0.15, 0.2) is 9.59 Å². The number of carboxylic acids is 1. The molecule has 21 heavy (non-hydrogen) atoms. The number of ether oxygens (including phenoxy) is 1. The van der Waals surface area contributed by atoms with Gasteiger partial charge in [-0.15, -0.1) is 0 Å². The fraction of sp³-hybridized carbons (Fsp3) is 0.455. The van der Waals surface area contributed by atoms with Crippen molar-refractivity contribution in [1.29, 1.82) is 0 Å². The molecule has 3 N–H and O–H groups in total. The summed E-state index contributed by atoms with van der Waals surface area (Å²) >= 11 is 0. The van der Waals surface area contributed by atoms with E-state index in [9.17, 15) is 14.4 Å². The van der Waals surface area contributed by atoms with Gasteiger partial charge < -0.3 is 15.2 Å². The summed E-state index contributed by atoms with van der Waals surface area (Å²) in [5.41, 5.74) is -1.15.